The number of aromatic amines is 2. The van der Waals surface area contributed by atoms with Gasteiger partial charge in [0.05, 0.1) is 13.3 Å². The lowest BCUT2D eigenvalue weighted by Crippen LogP contribution is -2.35. The number of aryl methyl sites for hydroxylation is 1. The second-order valence-corrected chi connectivity index (χ2v) is 6.58. The highest BCUT2D eigenvalue weighted by molar-refractivity contribution is 5.85. The molecule has 6 nitrogen and oxygen atoms in total. The third-order valence-corrected chi connectivity index (χ3v) is 5.06. The second kappa shape index (κ2) is 6.63. The van der Waals surface area contributed by atoms with Crippen LogP contribution < -0.4 is 10.1 Å². The second-order valence-electron chi connectivity index (χ2n) is 6.58. The van der Waals surface area contributed by atoms with Gasteiger partial charge < -0.3 is 15.0 Å². The Morgan fingerprint density at radius 1 is 1.44 bits per heavy atom. The van der Waals surface area contributed by atoms with Crippen LogP contribution in [0.4, 0.5) is 0 Å². The van der Waals surface area contributed by atoms with E-state index in [2.05, 4.69) is 20.5 Å². The standard InChI is InChI=1S/C19H22N4O2/c1-25-15-4-5-17-16(9-15)13(10-21-17)6-7-20-19(24)12-2-3-14-11-22-23-18(14)8-12/h4-5,9-12,21H,2-3,6-8H2,1H3,(H,20,24)(H,22,23). The Labute approximate surface area is 146 Å². The SMILES string of the molecule is COc1ccc2[nH]cc(CCNC(=O)C3CCc4cn[nH]c4C3)c2c1. The van der Waals surface area contributed by atoms with Crippen molar-refractivity contribution in [1.29, 1.82) is 0 Å². The molecule has 0 saturated carbocycles. The zero-order chi connectivity index (χ0) is 17.2. The zero-order valence-corrected chi connectivity index (χ0v) is 14.3. The van der Waals surface area contributed by atoms with Gasteiger partial charge in [-0.05, 0) is 48.6 Å². The molecule has 3 aromatic rings. The lowest BCUT2D eigenvalue weighted by atomic mass is 9.87. The van der Waals surface area contributed by atoms with E-state index in [1.165, 1.54) is 11.1 Å². The number of aromatic nitrogens is 3. The normalized spacial score (nSPS) is 16.6. The fourth-order valence-corrected chi connectivity index (χ4v) is 3.59. The van der Waals surface area contributed by atoms with Crippen LogP contribution in [0.1, 0.15) is 23.2 Å². The maximum Gasteiger partial charge on any atom is 0.223 e. The first-order chi connectivity index (χ1) is 12.2. The van der Waals surface area contributed by atoms with Crippen LogP contribution in [0.2, 0.25) is 0 Å². The van der Waals surface area contributed by atoms with Crippen LogP contribution in [0.3, 0.4) is 0 Å². The largest absolute Gasteiger partial charge is 0.497 e. The molecule has 0 fully saturated rings. The summed E-state index contributed by atoms with van der Waals surface area (Å²) in [5.41, 5.74) is 4.63. The third-order valence-electron chi connectivity index (χ3n) is 5.06. The Morgan fingerprint density at radius 2 is 2.36 bits per heavy atom. The molecule has 1 aromatic carbocycles. The minimum atomic E-state index is 0.0380. The van der Waals surface area contributed by atoms with Crippen LogP contribution in [0.25, 0.3) is 10.9 Å². The van der Waals surface area contributed by atoms with Gasteiger partial charge in [0.1, 0.15) is 5.75 Å². The van der Waals surface area contributed by atoms with Gasteiger partial charge >= 0.3 is 0 Å². The van der Waals surface area contributed by atoms with Gasteiger partial charge in [-0.3, -0.25) is 9.89 Å². The monoisotopic (exact) mass is 338 g/mol. The summed E-state index contributed by atoms with van der Waals surface area (Å²) in [7, 11) is 1.67. The van der Waals surface area contributed by atoms with Crippen LogP contribution in [0.5, 0.6) is 5.75 Å². The Balaban J connectivity index is 1.36. The van der Waals surface area contributed by atoms with E-state index < -0.39 is 0 Å². The van der Waals surface area contributed by atoms with E-state index in [4.69, 9.17) is 4.74 Å². The number of nitrogens with zero attached hydrogens (tertiary/aromatic N) is 1. The minimum Gasteiger partial charge on any atom is -0.497 e. The lowest BCUT2D eigenvalue weighted by molar-refractivity contribution is -0.125. The highest BCUT2D eigenvalue weighted by atomic mass is 16.5. The molecule has 0 radical (unpaired) electrons. The van der Waals surface area contributed by atoms with Crippen molar-refractivity contribution in [3.05, 3.63) is 47.4 Å². The number of hydrogen-bond acceptors (Lipinski definition) is 3. The van der Waals surface area contributed by atoms with Gasteiger partial charge in [0.15, 0.2) is 0 Å². The molecule has 6 heteroatoms. The minimum absolute atomic E-state index is 0.0380. The van der Waals surface area contributed by atoms with E-state index in [-0.39, 0.29) is 11.8 Å². The summed E-state index contributed by atoms with van der Waals surface area (Å²) in [4.78, 5) is 15.7. The highest BCUT2D eigenvalue weighted by Gasteiger charge is 2.25. The fraction of sp³-hybridized carbons (Fsp3) is 0.368. The van der Waals surface area contributed by atoms with Crippen molar-refractivity contribution in [2.45, 2.75) is 25.7 Å². The van der Waals surface area contributed by atoms with Gasteiger partial charge in [-0.1, -0.05) is 0 Å². The van der Waals surface area contributed by atoms with E-state index in [0.717, 1.165) is 48.0 Å². The molecule has 4 rings (SSSR count). The van der Waals surface area contributed by atoms with E-state index in [1.807, 2.05) is 30.6 Å². The Hall–Kier alpha value is -2.76. The number of carbonyl (C=O) groups is 1. The summed E-state index contributed by atoms with van der Waals surface area (Å²) in [5.74, 6) is 1.02. The molecule has 25 heavy (non-hydrogen) atoms. The van der Waals surface area contributed by atoms with Gasteiger partial charge in [-0.15, -0.1) is 0 Å². The van der Waals surface area contributed by atoms with Gasteiger partial charge in [-0.2, -0.15) is 5.10 Å². The molecule has 130 valence electrons. The molecule has 1 aliphatic carbocycles. The molecular formula is C19H22N4O2. The number of hydrogen-bond donors (Lipinski definition) is 3. The molecular weight excluding hydrogens is 316 g/mol. The maximum absolute atomic E-state index is 12.4. The number of benzene rings is 1. The summed E-state index contributed by atoms with van der Waals surface area (Å²) < 4.78 is 5.30. The first-order valence-corrected chi connectivity index (χ1v) is 8.67. The molecule has 0 saturated heterocycles. The van der Waals surface area contributed by atoms with Gasteiger partial charge in [-0.25, -0.2) is 0 Å². The van der Waals surface area contributed by atoms with E-state index in [9.17, 15) is 4.79 Å². The topological polar surface area (TPSA) is 82.8 Å². The molecule has 1 atom stereocenters. The van der Waals surface area contributed by atoms with Crippen molar-refractivity contribution in [1.82, 2.24) is 20.5 Å². The van der Waals surface area contributed by atoms with Crippen LogP contribution >= 0.6 is 0 Å². The Bertz CT molecular complexity index is 896. The first-order valence-electron chi connectivity index (χ1n) is 8.67. The zero-order valence-electron chi connectivity index (χ0n) is 14.3. The quantitative estimate of drug-likeness (QED) is 0.668. The lowest BCUT2D eigenvalue weighted by Gasteiger charge is -2.20. The van der Waals surface area contributed by atoms with Crippen molar-refractivity contribution < 1.29 is 9.53 Å². The summed E-state index contributed by atoms with van der Waals surface area (Å²) in [6.07, 6.45) is 7.24. The first kappa shape index (κ1) is 15.7. The summed E-state index contributed by atoms with van der Waals surface area (Å²) in [6, 6.07) is 5.99. The summed E-state index contributed by atoms with van der Waals surface area (Å²) >= 11 is 0. The maximum atomic E-state index is 12.4. The van der Waals surface area contributed by atoms with Crippen LogP contribution in [0, 0.1) is 5.92 Å². The predicted octanol–water partition coefficient (Wildman–Crippen LogP) is 2.36. The molecule has 2 aromatic heterocycles. The van der Waals surface area contributed by atoms with Crippen LogP contribution in [-0.2, 0) is 24.1 Å². The molecule has 1 unspecified atom stereocenters. The number of fused-ring (bicyclic) bond motifs is 2. The molecule has 0 spiro atoms. The highest BCUT2D eigenvalue weighted by Crippen LogP contribution is 2.25. The number of amides is 1. The molecule has 2 heterocycles. The smallest absolute Gasteiger partial charge is 0.223 e. The number of nitrogens with one attached hydrogen (secondary N) is 3. The number of rotatable bonds is 5. The summed E-state index contributed by atoms with van der Waals surface area (Å²) in [6.45, 7) is 0.634. The van der Waals surface area contributed by atoms with Crippen molar-refractivity contribution in [3.8, 4) is 5.75 Å². The number of ether oxygens (including phenoxy) is 1. The number of carbonyl (C=O) groups excluding carboxylic acids is 1. The molecule has 0 aliphatic heterocycles. The third kappa shape index (κ3) is 3.12. The van der Waals surface area contributed by atoms with Crippen LogP contribution in [-0.4, -0.2) is 34.7 Å². The predicted molar refractivity (Wildman–Crippen MR) is 95.7 cm³/mol. The van der Waals surface area contributed by atoms with E-state index >= 15 is 0 Å². The van der Waals surface area contributed by atoms with Crippen molar-refractivity contribution in [2.75, 3.05) is 13.7 Å². The van der Waals surface area contributed by atoms with Gasteiger partial charge in [0, 0.05) is 41.7 Å². The van der Waals surface area contributed by atoms with E-state index in [1.54, 1.807) is 7.11 Å². The molecule has 1 aliphatic rings. The molecule has 0 bridgehead atoms. The molecule has 3 N–H and O–H groups in total. The number of H-pyrrole nitrogens is 2. The Morgan fingerprint density at radius 3 is 3.24 bits per heavy atom. The van der Waals surface area contributed by atoms with Crippen molar-refractivity contribution in [3.63, 3.8) is 0 Å². The summed E-state index contributed by atoms with van der Waals surface area (Å²) in [5, 5.41) is 11.3. The van der Waals surface area contributed by atoms with Crippen molar-refractivity contribution >= 4 is 16.8 Å². The molecule has 1 amide bonds. The average Bonchev–Trinajstić information content (AvgIpc) is 3.27. The van der Waals surface area contributed by atoms with Crippen molar-refractivity contribution in [2.24, 2.45) is 5.92 Å². The number of methoxy groups -OCH3 is 1. The van der Waals surface area contributed by atoms with Gasteiger partial charge in [0.2, 0.25) is 5.91 Å². The fourth-order valence-electron chi connectivity index (χ4n) is 3.59. The Kier molecular flexibility index (Phi) is 4.17. The van der Waals surface area contributed by atoms with E-state index in [0.29, 0.717) is 6.54 Å². The average molecular weight is 338 g/mol. The van der Waals surface area contributed by atoms with Crippen LogP contribution in [0.15, 0.2) is 30.6 Å². The van der Waals surface area contributed by atoms with Gasteiger partial charge in [0.25, 0.3) is 0 Å².